The van der Waals surface area contributed by atoms with E-state index >= 15 is 0 Å². The number of hydrogen-bond acceptors (Lipinski definition) is 6. The number of ether oxygens (including phenoxy) is 1. The van der Waals surface area contributed by atoms with Gasteiger partial charge in [-0.3, -0.25) is 9.40 Å². The topological polar surface area (TPSA) is 86.1 Å². The van der Waals surface area contributed by atoms with E-state index in [4.69, 9.17) is 4.74 Å². The summed E-state index contributed by atoms with van der Waals surface area (Å²) in [6, 6.07) is 7.07. The van der Waals surface area contributed by atoms with Crippen LogP contribution in [-0.2, 0) is 16.6 Å². The zero-order chi connectivity index (χ0) is 24.5. The Morgan fingerprint density at radius 2 is 1.79 bits per heavy atom. The number of nitrogens with zero attached hydrogens (tertiary/aromatic N) is 3. The van der Waals surface area contributed by atoms with Gasteiger partial charge in [-0.25, -0.2) is 22.2 Å². The lowest BCUT2D eigenvalue weighted by molar-refractivity contribution is -0.142. The Bertz CT molecular complexity index is 1420. The molecule has 0 aliphatic carbocycles. The van der Waals surface area contributed by atoms with E-state index in [-0.39, 0.29) is 22.1 Å². The third-order valence-corrected chi connectivity index (χ3v) is 6.51. The first-order valence-corrected chi connectivity index (χ1v) is 11.7. The molecule has 0 bridgehead atoms. The maximum absolute atomic E-state index is 14.7. The maximum atomic E-state index is 14.7. The van der Waals surface area contributed by atoms with Gasteiger partial charge in [0.15, 0.2) is 16.7 Å². The summed E-state index contributed by atoms with van der Waals surface area (Å²) in [5.74, 6) is -2.43. The molecule has 0 aliphatic heterocycles. The first-order chi connectivity index (χ1) is 16.0. The van der Waals surface area contributed by atoms with Gasteiger partial charge in [-0.15, -0.1) is 11.3 Å². The molecule has 0 saturated heterocycles. The molecule has 34 heavy (non-hydrogen) atoms. The van der Waals surface area contributed by atoms with Gasteiger partial charge in [0, 0.05) is 23.3 Å². The fraction of sp³-hybridized carbons (Fsp3) is 0.100. The van der Waals surface area contributed by atoms with Gasteiger partial charge >= 0.3 is 6.18 Å². The fourth-order valence-electron chi connectivity index (χ4n) is 2.95. The molecule has 7 nitrogen and oxygen atoms in total. The first-order valence-electron chi connectivity index (χ1n) is 9.30. The molecule has 2 heterocycles. The Balaban J connectivity index is 1.65. The second-order valence-electron chi connectivity index (χ2n) is 6.77. The molecule has 178 valence electrons. The number of hydrogen-bond donors (Lipinski definition) is 1. The fourth-order valence-corrected chi connectivity index (χ4v) is 4.75. The van der Waals surface area contributed by atoms with Crippen molar-refractivity contribution in [1.82, 2.24) is 14.8 Å². The molecular formula is C20H13F5N4O3S2. The highest BCUT2D eigenvalue weighted by molar-refractivity contribution is 7.93. The predicted octanol–water partition coefficient (Wildman–Crippen LogP) is 5.44. The average molecular weight is 516 g/mol. The number of anilines is 1. The second kappa shape index (κ2) is 9.02. The van der Waals surface area contributed by atoms with Crippen LogP contribution in [0.5, 0.6) is 11.5 Å². The SMILES string of the molecule is O=S(=O)(Nc1nccs1)c1ccc(Oc2ccc(F)cc2-c2ccnn2CC(F)(F)F)c(F)c1. The summed E-state index contributed by atoms with van der Waals surface area (Å²) in [5, 5.41) is 5.25. The average Bonchev–Trinajstić information content (AvgIpc) is 3.41. The van der Waals surface area contributed by atoms with Crippen molar-refractivity contribution in [3.63, 3.8) is 0 Å². The van der Waals surface area contributed by atoms with Crippen LogP contribution in [-0.4, -0.2) is 29.4 Å². The van der Waals surface area contributed by atoms with Gasteiger partial charge in [0.25, 0.3) is 10.0 Å². The van der Waals surface area contributed by atoms with Crippen LogP contribution in [0, 0.1) is 11.6 Å². The monoisotopic (exact) mass is 516 g/mol. The predicted molar refractivity (Wildman–Crippen MR) is 113 cm³/mol. The van der Waals surface area contributed by atoms with Crippen LogP contribution in [0.25, 0.3) is 11.3 Å². The molecule has 14 heteroatoms. The Kier molecular flexibility index (Phi) is 6.27. The third-order valence-electron chi connectivity index (χ3n) is 4.35. The van der Waals surface area contributed by atoms with Crippen LogP contribution < -0.4 is 9.46 Å². The Morgan fingerprint density at radius 3 is 2.47 bits per heavy atom. The summed E-state index contributed by atoms with van der Waals surface area (Å²) in [4.78, 5) is 3.39. The minimum Gasteiger partial charge on any atom is -0.454 e. The van der Waals surface area contributed by atoms with E-state index in [0.717, 1.165) is 47.9 Å². The summed E-state index contributed by atoms with van der Waals surface area (Å²) in [6.07, 6.45) is -2.10. The van der Waals surface area contributed by atoms with Gasteiger partial charge < -0.3 is 4.74 Å². The van der Waals surface area contributed by atoms with E-state index in [1.54, 1.807) is 5.38 Å². The van der Waals surface area contributed by atoms with Crippen LogP contribution in [0.4, 0.5) is 27.1 Å². The minimum atomic E-state index is -4.59. The normalized spacial score (nSPS) is 12.0. The Morgan fingerprint density at radius 1 is 1.03 bits per heavy atom. The standard InChI is InChI=1S/C20H13F5N4O3S2/c21-12-1-3-17(14(9-12)16-5-6-27-29(16)11-20(23,24)25)32-18-4-2-13(10-15(18)22)34(30,31)28-19-26-7-8-33-19/h1-10H,11H2,(H,26,28). The molecule has 2 aromatic carbocycles. The molecule has 0 saturated carbocycles. The number of benzene rings is 2. The van der Waals surface area contributed by atoms with Crippen molar-refractivity contribution in [2.45, 2.75) is 17.6 Å². The molecule has 1 N–H and O–H groups in total. The molecule has 2 aromatic heterocycles. The maximum Gasteiger partial charge on any atom is 0.408 e. The van der Waals surface area contributed by atoms with Gasteiger partial charge in [0.2, 0.25) is 0 Å². The second-order valence-corrected chi connectivity index (χ2v) is 9.34. The smallest absolute Gasteiger partial charge is 0.408 e. The Labute approximate surface area is 193 Å². The van der Waals surface area contributed by atoms with E-state index in [9.17, 15) is 30.4 Å². The number of alkyl halides is 3. The van der Waals surface area contributed by atoms with Crippen molar-refractivity contribution >= 4 is 26.5 Å². The minimum absolute atomic E-state index is 0.0900. The van der Waals surface area contributed by atoms with E-state index < -0.39 is 45.0 Å². The first kappa shape index (κ1) is 23.6. The Hall–Kier alpha value is -3.52. The van der Waals surface area contributed by atoms with Gasteiger partial charge in [0.1, 0.15) is 18.1 Å². The molecule has 4 rings (SSSR count). The molecule has 0 radical (unpaired) electrons. The van der Waals surface area contributed by atoms with Gasteiger partial charge in [-0.05, 0) is 42.5 Å². The lowest BCUT2D eigenvalue weighted by Crippen LogP contribution is -2.19. The van der Waals surface area contributed by atoms with Crippen LogP contribution in [0.2, 0.25) is 0 Å². The summed E-state index contributed by atoms with van der Waals surface area (Å²) in [6.45, 7) is -1.43. The number of sulfonamides is 1. The summed E-state index contributed by atoms with van der Waals surface area (Å²) in [5.41, 5.74) is -0.220. The van der Waals surface area contributed by atoms with Gasteiger partial charge in [0.05, 0.1) is 10.6 Å². The van der Waals surface area contributed by atoms with Crippen molar-refractivity contribution in [2.75, 3.05) is 4.72 Å². The molecule has 4 aromatic rings. The van der Waals surface area contributed by atoms with E-state index in [0.29, 0.717) is 10.7 Å². The van der Waals surface area contributed by atoms with Crippen molar-refractivity contribution in [3.05, 3.63) is 71.9 Å². The van der Waals surface area contributed by atoms with Crippen molar-refractivity contribution in [2.24, 2.45) is 0 Å². The van der Waals surface area contributed by atoms with Gasteiger partial charge in [-0.1, -0.05) is 0 Å². The molecule has 0 fully saturated rings. The number of aromatic nitrogens is 3. The number of thiazole rings is 1. The van der Waals surface area contributed by atoms with Crippen molar-refractivity contribution < 1.29 is 35.1 Å². The molecular weight excluding hydrogens is 503 g/mol. The zero-order valence-electron chi connectivity index (χ0n) is 16.8. The molecule has 0 spiro atoms. The van der Waals surface area contributed by atoms with E-state index in [2.05, 4.69) is 14.8 Å². The van der Waals surface area contributed by atoms with E-state index in [1.165, 1.54) is 12.3 Å². The molecule has 0 atom stereocenters. The van der Waals surface area contributed by atoms with Crippen LogP contribution in [0.3, 0.4) is 0 Å². The van der Waals surface area contributed by atoms with Crippen LogP contribution in [0.15, 0.2) is 65.1 Å². The number of nitrogens with one attached hydrogen (secondary N) is 1. The summed E-state index contributed by atoms with van der Waals surface area (Å²) >= 11 is 1.03. The highest BCUT2D eigenvalue weighted by Gasteiger charge is 2.30. The van der Waals surface area contributed by atoms with Crippen LogP contribution in [0.1, 0.15) is 0 Å². The van der Waals surface area contributed by atoms with Gasteiger partial charge in [-0.2, -0.15) is 18.3 Å². The highest BCUT2D eigenvalue weighted by Crippen LogP contribution is 2.36. The largest absolute Gasteiger partial charge is 0.454 e. The van der Waals surface area contributed by atoms with Crippen LogP contribution >= 0.6 is 11.3 Å². The molecule has 0 amide bonds. The number of halogens is 5. The third kappa shape index (κ3) is 5.34. The van der Waals surface area contributed by atoms with Crippen molar-refractivity contribution in [3.8, 4) is 22.8 Å². The summed E-state index contributed by atoms with van der Waals surface area (Å²) < 4.78 is 100. The molecule has 0 aliphatic rings. The lowest BCUT2D eigenvalue weighted by atomic mass is 10.1. The van der Waals surface area contributed by atoms with Crippen molar-refractivity contribution in [1.29, 1.82) is 0 Å². The zero-order valence-corrected chi connectivity index (χ0v) is 18.4. The van der Waals surface area contributed by atoms with E-state index in [1.807, 2.05) is 0 Å². The molecule has 0 unspecified atom stereocenters. The lowest BCUT2D eigenvalue weighted by Gasteiger charge is -2.15. The quantitative estimate of drug-likeness (QED) is 0.331. The highest BCUT2D eigenvalue weighted by atomic mass is 32.2. The number of rotatable bonds is 7. The summed E-state index contributed by atoms with van der Waals surface area (Å²) in [7, 11) is -4.13.